The SMILES string of the molecule is CCC(CO)NS(=O)(=O)c1[nH]ncc1C(=O)O. The van der Waals surface area contributed by atoms with E-state index in [9.17, 15) is 13.2 Å². The van der Waals surface area contributed by atoms with Crippen LogP contribution in [0.3, 0.4) is 0 Å². The first-order valence-corrected chi connectivity index (χ1v) is 6.30. The molecule has 0 radical (unpaired) electrons. The van der Waals surface area contributed by atoms with Gasteiger partial charge in [0.1, 0.15) is 5.56 Å². The highest BCUT2D eigenvalue weighted by Crippen LogP contribution is 2.12. The van der Waals surface area contributed by atoms with E-state index in [1.54, 1.807) is 6.92 Å². The fourth-order valence-corrected chi connectivity index (χ4v) is 2.56. The van der Waals surface area contributed by atoms with Crippen LogP contribution in [0.2, 0.25) is 0 Å². The third kappa shape index (κ3) is 3.02. The van der Waals surface area contributed by atoms with E-state index < -0.39 is 32.6 Å². The van der Waals surface area contributed by atoms with Crippen LogP contribution in [0.5, 0.6) is 0 Å². The second-order valence-corrected chi connectivity index (χ2v) is 4.98. The van der Waals surface area contributed by atoms with E-state index >= 15 is 0 Å². The van der Waals surface area contributed by atoms with E-state index in [1.807, 2.05) is 0 Å². The molecular formula is C8H13N3O5S. The summed E-state index contributed by atoms with van der Waals surface area (Å²) in [6.07, 6.45) is 1.29. The van der Waals surface area contributed by atoms with Crippen molar-refractivity contribution in [2.45, 2.75) is 24.4 Å². The second-order valence-electron chi connectivity index (χ2n) is 3.33. The molecule has 1 atom stereocenters. The number of nitrogens with one attached hydrogen (secondary N) is 2. The Morgan fingerprint density at radius 1 is 1.65 bits per heavy atom. The van der Waals surface area contributed by atoms with Crippen LogP contribution in [0.15, 0.2) is 11.2 Å². The summed E-state index contributed by atoms with van der Waals surface area (Å²) in [7, 11) is -4.02. The zero-order chi connectivity index (χ0) is 13.1. The van der Waals surface area contributed by atoms with Crippen LogP contribution in [0.1, 0.15) is 23.7 Å². The van der Waals surface area contributed by atoms with Crippen molar-refractivity contribution >= 4 is 16.0 Å². The maximum atomic E-state index is 11.8. The molecule has 0 amide bonds. The summed E-state index contributed by atoms with van der Waals surface area (Å²) in [5.41, 5.74) is -0.440. The van der Waals surface area contributed by atoms with Crippen molar-refractivity contribution in [3.8, 4) is 0 Å². The molecule has 0 bridgehead atoms. The number of aliphatic hydroxyl groups is 1. The van der Waals surface area contributed by atoms with E-state index in [2.05, 4.69) is 14.9 Å². The van der Waals surface area contributed by atoms with Crippen LogP contribution >= 0.6 is 0 Å². The minimum Gasteiger partial charge on any atom is -0.478 e. The predicted molar refractivity (Wildman–Crippen MR) is 57.0 cm³/mol. The van der Waals surface area contributed by atoms with Gasteiger partial charge in [0.25, 0.3) is 10.0 Å². The standard InChI is InChI=1S/C8H13N3O5S/c1-2-5(4-12)11-17(15,16)7-6(8(13)14)3-9-10-7/h3,5,11-12H,2,4H2,1H3,(H,9,10)(H,13,14). The summed E-state index contributed by atoms with van der Waals surface area (Å²) in [4.78, 5) is 10.8. The first-order chi connectivity index (χ1) is 7.92. The van der Waals surface area contributed by atoms with Gasteiger partial charge >= 0.3 is 5.97 Å². The lowest BCUT2D eigenvalue weighted by Gasteiger charge is -2.13. The molecule has 4 N–H and O–H groups in total. The molecule has 9 heteroatoms. The fraction of sp³-hybridized carbons (Fsp3) is 0.500. The van der Waals surface area contributed by atoms with Gasteiger partial charge in [-0.2, -0.15) is 5.10 Å². The third-order valence-corrected chi connectivity index (χ3v) is 3.63. The summed E-state index contributed by atoms with van der Waals surface area (Å²) in [6, 6.07) is -0.662. The minimum absolute atomic E-state index is 0.369. The molecule has 0 aliphatic carbocycles. The molecule has 0 spiro atoms. The van der Waals surface area contributed by atoms with Gasteiger partial charge in [0, 0.05) is 6.04 Å². The summed E-state index contributed by atoms with van der Waals surface area (Å²) in [6.45, 7) is 1.32. The monoisotopic (exact) mass is 263 g/mol. The quantitative estimate of drug-likeness (QED) is 0.529. The van der Waals surface area contributed by atoms with Gasteiger partial charge in [0.15, 0.2) is 5.03 Å². The van der Waals surface area contributed by atoms with Crippen molar-refractivity contribution in [1.82, 2.24) is 14.9 Å². The van der Waals surface area contributed by atoms with Crippen LogP contribution in [0, 0.1) is 0 Å². The highest BCUT2D eigenvalue weighted by molar-refractivity contribution is 7.89. The average molecular weight is 263 g/mol. The number of aromatic nitrogens is 2. The smallest absolute Gasteiger partial charge is 0.340 e. The molecule has 0 aliphatic heterocycles. The molecular weight excluding hydrogens is 250 g/mol. The summed E-state index contributed by atoms with van der Waals surface area (Å²) in [5, 5.41) is 22.6. The Morgan fingerprint density at radius 2 is 2.29 bits per heavy atom. The molecule has 0 saturated carbocycles. The molecule has 1 heterocycles. The number of carbonyl (C=O) groups is 1. The normalized spacial score (nSPS) is 13.5. The molecule has 0 aromatic carbocycles. The second kappa shape index (κ2) is 5.25. The van der Waals surface area contributed by atoms with Crippen molar-refractivity contribution in [2.75, 3.05) is 6.61 Å². The van der Waals surface area contributed by atoms with E-state index in [0.29, 0.717) is 6.42 Å². The Balaban J connectivity index is 3.05. The van der Waals surface area contributed by atoms with Crippen LogP contribution in [0.4, 0.5) is 0 Å². The zero-order valence-corrected chi connectivity index (χ0v) is 9.86. The van der Waals surface area contributed by atoms with Gasteiger partial charge in [-0.3, -0.25) is 5.10 Å². The maximum Gasteiger partial charge on any atom is 0.340 e. The largest absolute Gasteiger partial charge is 0.478 e. The van der Waals surface area contributed by atoms with E-state index in [-0.39, 0.29) is 6.61 Å². The Kier molecular flexibility index (Phi) is 4.21. The molecule has 8 nitrogen and oxygen atoms in total. The summed E-state index contributed by atoms with van der Waals surface area (Å²) < 4.78 is 25.8. The van der Waals surface area contributed by atoms with Gasteiger partial charge < -0.3 is 10.2 Å². The lowest BCUT2D eigenvalue weighted by molar-refractivity contribution is 0.0692. The number of hydrogen-bond donors (Lipinski definition) is 4. The summed E-state index contributed by atoms with van der Waals surface area (Å²) >= 11 is 0. The maximum absolute atomic E-state index is 11.8. The number of nitrogens with zero attached hydrogens (tertiary/aromatic N) is 1. The molecule has 0 aliphatic rings. The first-order valence-electron chi connectivity index (χ1n) is 4.82. The number of aliphatic hydroxyl groups excluding tert-OH is 1. The van der Waals surface area contributed by atoms with Crippen molar-refractivity contribution in [3.05, 3.63) is 11.8 Å². The van der Waals surface area contributed by atoms with Gasteiger partial charge in [-0.1, -0.05) is 6.92 Å². The van der Waals surface area contributed by atoms with Gasteiger partial charge in [0.2, 0.25) is 0 Å². The Morgan fingerprint density at radius 3 is 2.76 bits per heavy atom. The molecule has 1 rings (SSSR count). The van der Waals surface area contributed by atoms with Gasteiger partial charge in [0.05, 0.1) is 12.8 Å². The lowest BCUT2D eigenvalue weighted by Crippen LogP contribution is -2.37. The molecule has 96 valence electrons. The van der Waals surface area contributed by atoms with Crippen LogP contribution in [-0.2, 0) is 10.0 Å². The van der Waals surface area contributed by atoms with Crippen molar-refractivity contribution in [1.29, 1.82) is 0 Å². The Labute approximate surface area is 97.7 Å². The number of carboxylic acid groups (broad SMARTS) is 1. The van der Waals surface area contributed by atoms with Crippen molar-refractivity contribution in [2.24, 2.45) is 0 Å². The molecule has 1 aromatic heterocycles. The number of aromatic amines is 1. The number of sulfonamides is 1. The minimum atomic E-state index is -4.02. The van der Waals surface area contributed by atoms with Crippen molar-refractivity contribution in [3.63, 3.8) is 0 Å². The van der Waals surface area contributed by atoms with Gasteiger partial charge in [-0.25, -0.2) is 17.9 Å². The highest BCUT2D eigenvalue weighted by Gasteiger charge is 2.26. The van der Waals surface area contributed by atoms with E-state index in [4.69, 9.17) is 10.2 Å². The molecule has 17 heavy (non-hydrogen) atoms. The number of H-pyrrole nitrogens is 1. The average Bonchev–Trinajstić information content (AvgIpc) is 2.75. The van der Waals surface area contributed by atoms with Gasteiger partial charge in [-0.15, -0.1) is 0 Å². The summed E-state index contributed by atoms with van der Waals surface area (Å²) in [5.74, 6) is -1.39. The fourth-order valence-electron chi connectivity index (χ4n) is 1.16. The molecule has 1 aromatic rings. The number of carboxylic acids is 1. The topological polar surface area (TPSA) is 132 Å². The lowest BCUT2D eigenvalue weighted by atomic mass is 10.3. The van der Waals surface area contributed by atoms with Crippen molar-refractivity contribution < 1.29 is 23.4 Å². The van der Waals surface area contributed by atoms with Crippen LogP contribution in [0.25, 0.3) is 0 Å². The van der Waals surface area contributed by atoms with E-state index in [0.717, 1.165) is 6.20 Å². The first kappa shape index (κ1) is 13.6. The molecule has 0 saturated heterocycles. The third-order valence-electron chi connectivity index (χ3n) is 2.14. The van der Waals surface area contributed by atoms with Crippen LogP contribution < -0.4 is 4.72 Å². The Hall–Kier alpha value is -1.45. The Bertz CT molecular complexity index is 491. The molecule has 1 unspecified atom stereocenters. The molecule has 0 fully saturated rings. The highest BCUT2D eigenvalue weighted by atomic mass is 32.2. The number of rotatable bonds is 6. The number of hydrogen-bond acceptors (Lipinski definition) is 5. The van der Waals surface area contributed by atoms with Gasteiger partial charge in [-0.05, 0) is 6.42 Å². The van der Waals surface area contributed by atoms with Crippen LogP contribution in [-0.4, -0.2) is 47.4 Å². The predicted octanol–water partition coefficient (Wildman–Crippen LogP) is -0.843. The van der Waals surface area contributed by atoms with E-state index in [1.165, 1.54) is 0 Å². The number of aromatic carboxylic acids is 1. The zero-order valence-electron chi connectivity index (χ0n) is 9.04.